The molecule has 4 saturated carbocycles. The highest BCUT2D eigenvalue weighted by Gasteiger charge is 2.74. The Balaban J connectivity index is 1.47. The molecule has 6 rings (SSSR count). The topological polar surface area (TPSA) is 66.8 Å². The number of allylic oxidation sites excluding steroid dienone is 2. The Morgan fingerprint density at radius 2 is 1.59 bits per heavy atom. The summed E-state index contributed by atoms with van der Waals surface area (Å²) in [4.78, 5) is 13.4. The second-order valence-electron chi connectivity index (χ2n) is 15.3. The molecule has 4 heteroatoms. The van der Waals surface area contributed by atoms with E-state index < -0.39 is 11.5 Å². The molecule has 190 valence electrons. The monoisotopic (exact) mass is 470 g/mol. The van der Waals surface area contributed by atoms with Crippen LogP contribution in [0.4, 0.5) is 0 Å². The molecule has 0 unspecified atom stereocenters. The van der Waals surface area contributed by atoms with E-state index in [-0.39, 0.29) is 51.2 Å². The van der Waals surface area contributed by atoms with E-state index in [0.717, 1.165) is 38.5 Å². The average Bonchev–Trinajstić information content (AvgIpc) is 3.05. The smallest absolute Gasteiger partial charge is 0.315 e. The number of hydrogen-bond donors (Lipinski definition) is 2. The second-order valence-corrected chi connectivity index (χ2v) is 15.3. The first-order valence-electron chi connectivity index (χ1n) is 13.9. The molecule has 1 aliphatic heterocycles. The zero-order chi connectivity index (χ0) is 24.7. The van der Waals surface area contributed by atoms with Gasteiger partial charge in [-0.1, -0.05) is 60.1 Å². The third-order valence-corrected chi connectivity index (χ3v) is 13.4. The second kappa shape index (κ2) is 6.52. The summed E-state index contributed by atoms with van der Waals surface area (Å²) >= 11 is 0. The third-order valence-electron chi connectivity index (χ3n) is 13.4. The highest BCUT2D eigenvalue weighted by Crippen LogP contribution is 2.76. The van der Waals surface area contributed by atoms with E-state index in [2.05, 4.69) is 54.5 Å². The van der Waals surface area contributed by atoms with Crippen LogP contribution < -0.4 is 0 Å². The van der Waals surface area contributed by atoms with Crippen LogP contribution >= 0.6 is 0 Å². The molecule has 5 fully saturated rings. The van der Waals surface area contributed by atoms with E-state index in [1.807, 2.05) is 0 Å². The van der Waals surface area contributed by atoms with Crippen LogP contribution in [-0.4, -0.2) is 34.5 Å². The summed E-state index contributed by atoms with van der Waals surface area (Å²) in [5.74, 6) is 0.977. The first-order valence-corrected chi connectivity index (χ1v) is 13.9. The number of fused-ring (bicyclic) bond motifs is 7. The normalized spacial score (nSPS) is 56.9. The Bertz CT molecular complexity index is 965. The van der Waals surface area contributed by atoms with Gasteiger partial charge in [0, 0.05) is 11.8 Å². The molecule has 0 aromatic carbocycles. The van der Waals surface area contributed by atoms with Crippen molar-refractivity contribution in [1.29, 1.82) is 0 Å². The van der Waals surface area contributed by atoms with Crippen LogP contribution in [0, 0.1) is 50.2 Å². The van der Waals surface area contributed by atoms with Crippen molar-refractivity contribution in [2.24, 2.45) is 50.2 Å². The van der Waals surface area contributed by atoms with Crippen molar-refractivity contribution in [2.45, 2.75) is 118 Å². The number of rotatable bonds is 0. The van der Waals surface area contributed by atoms with E-state index in [9.17, 15) is 15.0 Å². The van der Waals surface area contributed by atoms with Crippen molar-refractivity contribution in [3.8, 4) is 0 Å². The van der Waals surface area contributed by atoms with Crippen molar-refractivity contribution in [3.05, 3.63) is 11.6 Å². The fraction of sp³-hybridized carbons (Fsp3) is 0.900. The average molecular weight is 471 g/mol. The standard InChI is InChI=1S/C30H46O4/c1-25(2)14-18-17-8-9-20-27(5)12-11-21(31)26(3,4)19(27)10-13-28(20,6)29(17,7)15-22(32)30(18)16-23(25)34-24(30)33/h8,18-23,31-32H,9-16H2,1-7H3/t18-,19-,20+,21-,22+,23-,27-,28+,29+,30+/m0/s1. The van der Waals surface area contributed by atoms with Gasteiger partial charge in [-0.3, -0.25) is 4.79 Å². The minimum absolute atomic E-state index is 0.0641. The highest BCUT2D eigenvalue weighted by molar-refractivity contribution is 5.82. The predicted molar refractivity (Wildman–Crippen MR) is 132 cm³/mol. The lowest BCUT2D eigenvalue weighted by Gasteiger charge is -2.71. The Morgan fingerprint density at radius 1 is 0.882 bits per heavy atom. The Hall–Kier alpha value is -0.870. The molecule has 2 bridgehead atoms. The van der Waals surface area contributed by atoms with Crippen molar-refractivity contribution in [2.75, 3.05) is 0 Å². The fourth-order valence-electron chi connectivity index (χ4n) is 11.1. The largest absolute Gasteiger partial charge is 0.461 e. The number of carbonyl (C=O) groups excluding carboxylic acids is 1. The SMILES string of the molecule is CC1(C)C[C@H]2C3=CC[C@@H]4[C@@]5(C)CC[C@H](O)C(C)(C)[C@@H]5CC[C@@]4(C)[C@]3(C)C[C@@H](O)[C@@]23C[C@@H]1OC3=O. The van der Waals surface area contributed by atoms with Crippen LogP contribution in [0.5, 0.6) is 0 Å². The van der Waals surface area contributed by atoms with Crippen molar-refractivity contribution in [3.63, 3.8) is 0 Å². The lowest BCUT2D eigenvalue weighted by atomic mass is 9.33. The summed E-state index contributed by atoms with van der Waals surface area (Å²) in [5, 5.41) is 22.7. The molecular formula is C30H46O4. The molecule has 10 atom stereocenters. The molecule has 1 spiro atoms. The Kier molecular flexibility index (Phi) is 4.51. The molecule has 2 N–H and O–H groups in total. The number of carbonyl (C=O) groups is 1. The summed E-state index contributed by atoms with van der Waals surface area (Å²) in [5.41, 5.74) is 0.726. The minimum atomic E-state index is -0.743. The highest BCUT2D eigenvalue weighted by atomic mass is 16.6. The van der Waals surface area contributed by atoms with Crippen molar-refractivity contribution in [1.82, 2.24) is 0 Å². The van der Waals surface area contributed by atoms with Crippen molar-refractivity contribution >= 4 is 5.97 Å². The van der Waals surface area contributed by atoms with Gasteiger partial charge in [-0.15, -0.1) is 0 Å². The van der Waals surface area contributed by atoms with Gasteiger partial charge >= 0.3 is 5.97 Å². The molecule has 5 aliphatic carbocycles. The number of aliphatic hydroxyl groups is 2. The summed E-state index contributed by atoms with van der Waals surface area (Å²) in [6.07, 6.45) is 9.13. The first kappa shape index (κ1) is 23.5. The van der Waals surface area contributed by atoms with E-state index in [4.69, 9.17) is 4.74 Å². The summed E-state index contributed by atoms with van der Waals surface area (Å²) in [7, 11) is 0. The van der Waals surface area contributed by atoms with E-state index in [1.54, 1.807) is 0 Å². The van der Waals surface area contributed by atoms with Crippen LogP contribution in [0.2, 0.25) is 0 Å². The number of hydrogen-bond acceptors (Lipinski definition) is 4. The van der Waals surface area contributed by atoms with Gasteiger partial charge in [0.2, 0.25) is 0 Å². The molecule has 0 aromatic rings. The van der Waals surface area contributed by atoms with Gasteiger partial charge in [0.1, 0.15) is 11.5 Å². The Labute approximate surface area is 205 Å². The molecule has 0 aromatic heterocycles. The Morgan fingerprint density at radius 3 is 2.29 bits per heavy atom. The van der Waals surface area contributed by atoms with Crippen molar-refractivity contribution < 1.29 is 19.7 Å². The third kappa shape index (κ3) is 2.42. The molecule has 1 heterocycles. The molecule has 0 amide bonds. The summed E-state index contributed by atoms with van der Waals surface area (Å²) in [6, 6.07) is 0. The molecule has 1 saturated heterocycles. The maximum absolute atomic E-state index is 13.4. The van der Waals surface area contributed by atoms with Gasteiger partial charge in [-0.2, -0.15) is 0 Å². The van der Waals surface area contributed by atoms with Crippen LogP contribution in [0.15, 0.2) is 11.6 Å². The van der Waals surface area contributed by atoms with Gasteiger partial charge in [0.05, 0.1) is 12.2 Å². The number of esters is 1. The van der Waals surface area contributed by atoms with E-state index >= 15 is 0 Å². The zero-order valence-electron chi connectivity index (χ0n) is 22.4. The van der Waals surface area contributed by atoms with E-state index in [0.29, 0.717) is 24.7 Å². The number of aliphatic hydroxyl groups excluding tert-OH is 2. The maximum atomic E-state index is 13.4. The minimum Gasteiger partial charge on any atom is -0.461 e. The van der Waals surface area contributed by atoms with Crippen LogP contribution in [-0.2, 0) is 9.53 Å². The van der Waals surface area contributed by atoms with Crippen LogP contribution in [0.3, 0.4) is 0 Å². The molecular weight excluding hydrogens is 424 g/mol. The first-order chi connectivity index (χ1) is 15.6. The van der Waals surface area contributed by atoms with Gasteiger partial charge in [-0.05, 0) is 84.4 Å². The van der Waals surface area contributed by atoms with E-state index in [1.165, 1.54) is 5.57 Å². The molecule has 0 radical (unpaired) electrons. The molecule has 4 nitrogen and oxygen atoms in total. The lowest BCUT2D eigenvalue weighted by Crippen LogP contribution is -2.67. The summed E-state index contributed by atoms with van der Waals surface area (Å²) in [6.45, 7) is 16.5. The van der Waals surface area contributed by atoms with Gasteiger partial charge in [0.15, 0.2) is 0 Å². The van der Waals surface area contributed by atoms with Crippen LogP contribution in [0.25, 0.3) is 0 Å². The lowest BCUT2D eigenvalue weighted by molar-refractivity contribution is -0.212. The quantitative estimate of drug-likeness (QED) is 0.354. The summed E-state index contributed by atoms with van der Waals surface area (Å²) < 4.78 is 5.95. The molecule has 34 heavy (non-hydrogen) atoms. The van der Waals surface area contributed by atoms with Gasteiger partial charge in [0.25, 0.3) is 0 Å². The predicted octanol–water partition coefficient (Wildman–Crippen LogP) is 5.66. The number of ether oxygens (including phenoxy) is 1. The maximum Gasteiger partial charge on any atom is 0.315 e. The van der Waals surface area contributed by atoms with Crippen LogP contribution in [0.1, 0.15) is 99.8 Å². The van der Waals surface area contributed by atoms with Gasteiger partial charge < -0.3 is 14.9 Å². The fourth-order valence-corrected chi connectivity index (χ4v) is 11.1. The zero-order valence-corrected chi connectivity index (χ0v) is 22.4. The molecule has 6 aliphatic rings. The van der Waals surface area contributed by atoms with Gasteiger partial charge in [-0.25, -0.2) is 0 Å².